The smallest absolute Gasteiger partial charge is 0.102 e. The maximum absolute atomic E-state index is 9.98. The van der Waals surface area contributed by atoms with Gasteiger partial charge in [0.05, 0.1) is 25.9 Å². The molecular weight excluding hydrogens is 228 g/mol. The molecule has 0 aliphatic carbocycles. The average Bonchev–Trinajstić information content (AvgIpc) is 2.31. The zero-order valence-corrected chi connectivity index (χ0v) is 11.8. The van der Waals surface area contributed by atoms with Gasteiger partial charge in [0.15, 0.2) is 0 Å². The van der Waals surface area contributed by atoms with Crippen LogP contribution in [0.15, 0.2) is 18.2 Å². The van der Waals surface area contributed by atoms with Crippen molar-refractivity contribution in [3.05, 3.63) is 34.9 Å². The minimum absolute atomic E-state index is 0.221. The molecule has 3 heteroatoms. The molecule has 0 aliphatic heterocycles. The van der Waals surface area contributed by atoms with Crippen LogP contribution in [0.2, 0.25) is 0 Å². The van der Waals surface area contributed by atoms with E-state index in [1.807, 2.05) is 39.0 Å². The van der Waals surface area contributed by atoms with Crippen LogP contribution in [-0.2, 0) is 9.47 Å². The molecular formula is C15H24O3. The second-order valence-corrected chi connectivity index (χ2v) is 4.85. The van der Waals surface area contributed by atoms with Gasteiger partial charge < -0.3 is 14.6 Å². The van der Waals surface area contributed by atoms with E-state index in [0.717, 1.165) is 5.56 Å². The largest absolute Gasteiger partial charge is 0.386 e. The lowest BCUT2D eigenvalue weighted by molar-refractivity contribution is -0.0110. The van der Waals surface area contributed by atoms with E-state index in [-0.39, 0.29) is 6.10 Å². The fourth-order valence-corrected chi connectivity index (χ4v) is 1.61. The predicted octanol–water partition coefficient (Wildman–Crippen LogP) is 2.78. The molecule has 0 fully saturated rings. The minimum atomic E-state index is -0.566. The predicted molar refractivity (Wildman–Crippen MR) is 72.8 cm³/mol. The van der Waals surface area contributed by atoms with Gasteiger partial charge >= 0.3 is 0 Å². The van der Waals surface area contributed by atoms with Crippen molar-refractivity contribution in [2.45, 2.75) is 39.9 Å². The Kier molecular flexibility index (Phi) is 6.33. The molecule has 1 rings (SSSR count). The Morgan fingerprint density at radius 1 is 1.11 bits per heavy atom. The number of aliphatic hydroxyl groups is 1. The fourth-order valence-electron chi connectivity index (χ4n) is 1.61. The Labute approximate surface area is 110 Å². The van der Waals surface area contributed by atoms with Gasteiger partial charge in [-0.25, -0.2) is 0 Å². The molecule has 0 aliphatic rings. The summed E-state index contributed by atoms with van der Waals surface area (Å²) in [7, 11) is 0. The van der Waals surface area contributed by atoms with Crippen LogP contribution in [0.25, 0.3) is 0 Å². The number of hydrogen-bond acceptors (Lipinski definition) is 3. The van der Waals surface area contributed by atoms with E-state index in [1.165, 1.54) is 11.1 Å². The summed E-state index contributed by atoms with van der Waals surface area (Å²) in [5, 5.41) is 9.98. The van der Waals surface area contributed by atoms with Crippen LogP contribution in [0.3, 0.4) is 0 Å². The molecule has 0 amide bonds. The van der Waals surface area contributed by atoms with Gasteiger partial charge in [-0.1, -0.05) is 18.2 Å². The molecule has 0 bridgehead atoms. The molecule has 0 heterocycles. The van der Waals surface area contributed by atoms with E-state index in [1.54, 1.807) is 0 Å². The van der Waals surface area contributed by atoms with Crippen molar-refractivity contribution in [3.63, 3.8) is 0 Å². The highest BCUT2D eigenvalue weighted by molar-refractivity contribution is 5.31. The highest BCUT2D eigenvalue weighted by Gasteiger charge is 2.08. The van der Waals surface area contributed by atoms with Gasteiger partial charge in [-0.15, -0.1) is 0 Å². The summed E-state index contributed by atoms with van der Waals surface area (Å²) >= 11 is 0. The van der Waals surface area contributed by atoms with Crippen molar-refractivity contribution in [1.82, 2.24) is 0 Å². The van der Waals surface area contributed by atoms with Crippen molar-refractivity contribution in [3.8, 4) is 0 Å². The lowest BCUT2D eigenvalue weighted by Crippen LogP contribution is -2.13. The van der Waals surface area contributed by atoms with Crippen LogP contribution in [0.1, 0.15) is 36.6 Å². The molecule has 0 saturated carbocycles. The molecule has 0 saturated heterocycles. The number of rotatable bonds is 7. The third kappa shape index (κ3) is 5.17. The highest BCUT2D eigenvalue weighted by atomic mass is 16.5. The zero-order valence-electron chi connectivity index (χ0n) is 11.8. The van der Waals surface area contributed by atoms with Crippen molar-refractivity contribution in [2.75, 3.05) is 19.8 Å². The summed E-state index contributed by atoms with van der Waals surface area (Å²) in [5.74, 6) is 0. The van der Waals surface area contributed by atoms with Crippen molar-refractivity contribution >= 4 is 0 Å². The van der Waals surface area contributed by atoms with Gasteiger partial charge in [0.25, 0.3) is 0 Å². The highest BCUT2D eigenvalue weighted by Crippen LogP contribution is 2.17. The second-order valence-electron chi connectivity index (χ2n) is 4.85. The Morgan fingerprint density at radius 3 is 2.44 bits per heavy atom. The van der Waals surface area contributed by atoms with Crippen LogP contribution in [-0.4, -0.2) is 31.0 Å². The van der Waals surface area contributed by atoms with E-state index >= 15 is 0 Å². The van der Waals surface area contributed by atoms with Crippen LogP contribution in [0.4, 0.5) is 0 Å². The zero-order chi connectivity index (χ0) is 13.5. The first-order valence-corrected chi connectivity index (χ1v) is 6.45. The van der Waals surface area contributed by atoms with E-state index in [9.17, 15) is 5.11 Å². The molecule has 3 nitrogen and oxygen atoms in total. The van der Waals surface area contributed by atoms with E-state index in [2.05, 4.69) is 6.92 Å². The summed E-state index contributed by atoms with van der Waals surface area (Å²) < 4.78 is 10.8. The SMILES string of the molecule is Cc1ccc(C(O)COCCOC(C)C)cc1C. The van der Waals surface area contributed by atoms with Crippen molar-refractivity contribution < 1.29 is 14.6 Å². The normalized spacial score (nSPS) is 13.0. The molecule has 1 unspecified atom stereocenters. The van der Waals surface area contributed by atoms with Crippen LogP contribution in [0.5, 0.6) is 0 Å². The number of aliphatic hydroxyl groups excluding tert-OH is 1. The molecule has 1 aromatic carbocycles. The van der Waals surface area contributed by atoms with Crippen LogP contribution < -0.4 is 0 Å². The first kappa shape index (κ1) is 15.2. The topological polar surface area (TPSA) is 38.7 Å². The summed E-state index contributed by atoms with van der Waals surface area (Å²) in [6, 6.07) is 5.98. The third-order valence-electron chi connectivity index (χ3n) is 2.87. The van der Waals surface area contributed by atoms with E-state index in [0.29, 0.717) is 19.8 Å². The van der Waals surface area contributed by atoms with E-state index in [4.69, 9.17) is 9.47 Å². The maximum atomic E-state index is 9.98. The first-order valence-electron chi connectivity index (χ1n) is 6.45. The Morgan fingerprint density at radius 2 is 1.83 bits per heavy atom. The average molecular weight is 252 g/mol. The van der Waals surface area contributed by atoms with Crippen LogP contribution >= 0.6 is 0 Å². The van der Waals surface area contributed by atoms with Gasteiger partial charge in [0.2, 0.25) is 0 Å². The molecule has 1 atom stereocenters. The second kappa shape index (κ2) is 7.52. The van der Waals surface area contributed by atoms with Crippen molar-refractivity contribution in [2.24, 2.45) is 0 Å². The summed E-state index contributed by atoms with van der Waals surface area (Å²) in [5.41, 5.74) is 3.33. The third-order valence-corrected chi connectivity index (χ3v) is 2.87. The molecule has 1 N–H and O–H groups in total. The Hall–Kier alpha value is -0.900. The van der Waals surface area contributed by atoms with Gasteiger partial charge in [-0.2, -0.15) is 0 Å². The van der Waals surface area contributed by atoms with Gasteiger partial charge in [0, 0.05) is 0 Å². The lowest BCUT2D eigenvalue weighted by atomic mass is 10.0. The first-order chi connectivity index (χ1) is 8.50. The van der Waals surface area contributed by atoms with Crippen LogP contribution in [0, 0.1) is 13.8 Å². The van der Waals surface area contributed by atoms with Crippen molar-refractivity contribution in [1.29, 1.82) is 0 Å². The number of hydrogen-bond donors (Lipinski definition) is 1. The Balaban J connectivity index is 2.31. The monoisotopic (exact) mass is 252 g/mol. The lowest BCUT2D eigenvalue weighted by Gasteiger charge is -2.14. The number of ether oxygens (including phenoxy) is 2. The number of aryl methyl sites for hydroxylation is 2. The molecule has 18 heavy (non-hydrogen) atoms. The van der Waals surface area contributed by atoms with Gasteiger partial charge in [-0.3, -0.25) is 0 Å². The molecule has 1 aromatic rings. The fraction of sp³-hybridized carbons (Fsp3) is 0.600. The summed E-state index contributed by atoms with van der Waals surface area (Å²) in [6.45, 7) is 9.48. The minimum Gasteiger partial charge on any atom is -0.386 e. The molecule has 0 radical (unpaired) electrons. The standard InChI is InChI=1S/C15H24O3/c1-11(2)18-8-7-17-10-15(16)14-6-5-12(3)13(4)9-14/h5-6,9,11,15-16H,7-8,10H2,1-4H3. The number of benzene rings is 1. The summed E-state index contributed by atoms with van der Waals surface area (Å²) in [4.78, 5) is 0. The Bertz CT molecular complexity index is 361. The molecule has 102 valence electrons. The molecule has 0 spiro atoms. The maximum Gasteiger partial charge on any atom is 0.102 e. The molecule has 0 aromatic heterocycles. The summed E-state index contributed by atoms with van der Waals surface area (Å²) in [6.07, 6.45) is -0.346. The van der Waals surface area contributed by atoms with E-state index < -0.39 is 6.10 Å². The quantitative estimate of drug-likeness (QED) is 0.758. The van der Waals surface area contributed by atoms with Gasteiger partial charge in [-0.05, 0) is 44.4 Å². The van der Waals surface area contributed by atoms with Gasteiger partial charge in [0.1, 0.15) is 6.10 Å².